The molecule has 5 nitrogen and oxygen atoms in total. The molecule has 2 rings (SSSR count). The van der Waals surface area contributed by atoms with Gasteiger partial charge < -0.3 is 8.92 Å². The topological polar surface area (TPSA) is 69.7 Å². The van der Waals surface area contributed by atoms with Crippen molar-refractivity contribution < 1.29 is 35.3 Å². The first kappa shape index (κ1) is 18.6. The molecule has 0 fully saturated rings. The van der Waals surface area contributed by atoms with Crippen LogP contribution in [-0.4, -0.2) is 27.0 Å². The molecule has 0 saturated heterocycles. The number of benzene rings is 1. The van der Waals surface area contributed by atoms with Crippen molar-refractivity contribution in [3.63, 3.8) is 0 Å². The summed E-state index contributed by atoms with van der Waals surface area (Å²) in [7, 11) is -4.81. The normalized spacial score (nSPS) is 17.1. The summed E-state index contributed by atoms with van der Waals surface area (Å²) in [5, 5.41) is 0. The van der Waals surface area contributed by atoms with Crippen LogP contribution in [0.25, 0.3) is 0 Å². The van der Waals surface area contributed by atoms with E-state index < -0.39 is 27.3 Å². The maximum Gasteiger partial charge on any atom is 0.534 e. The molecule has 0 amide bonds. The first-order valence-corrected chi connectivity index (χ1v) is 8.52. The maximum atomic E-state index is 12.6. The molecule has 134 valence electrons. The molecule has 0 bridgehead atoms. The van der Waals surface area contributed by atoms with Crippen molar-refractivity contribution >= 4 is 16.1 Å². The van der Waals surface area contributed by atoms with Crippen LogP contribution in [0.2, 0.25) is 0 Å². The summed E-state index contributed by atoms with van der Waals surface area (Å²) in [6, 6.07) is 2.55. The fourth-order valence-electron chi connectivity index (χ4n) is 2.71. The number of carbonyl (C=O) groups is 1. The van der Waals surface area contributed by atoms with Crippen LogP contribution in [0.1, 0.15) is 41.8 Å². The first-order chi connectivity index (χ1) is 10.9. The number of alkyl halides is 3. The van der Waals surface area contributed by atoms with Gasteiger partial charge in [0, 0.05) is 0 Å². The third-order valence-corrected chi connectivity index (χ3v) is 4.94. The number of fused-ring (bicyclic) bond motifs is 1. The minimum absolute atomic E-state index is 0.183. The van der Waals surface area contributed by atoms with Gasteiger partial charge in [0.25, 0.3) is 0 Å². The Kier molecular flexibility index (Phi) is 4.60. The van der Waals surface area contributed by atoms with Crippen molar-refractivity contribution in [2.24, 2.45) is 5.41 Å². The molecule has 1 aromatic carbocycles. The number of hydrogen-bond donors (Lipinski definition) is 0. The van der Waals surface area contributed by atoms with Gasteiger partial charge in [-0.15, -0.1) is 0 Å². The highest BCUT2D eigenvalue weighted by Gasteiger charge is 2.49. The number of ether oxygens (including phenoxy) is 1. The van der Waals surface area contributed by atoms with Crippen LogP contribution in [0.5, 0.6) is 5.75 Å². The number of methoxy groups -OCH3 is 1. The second-order valence-corrected chi connectivity index (χ2v) is 7.93. The van der Waals surface area contributed by atoms with Gasteiger partial charge in [-0.3, -0.25) is 0 Å². The molecule has 0 spiro atoms. The summed E-state index contributed by atoms with van der Waals surface area (Å²) in [6.45, 7) is 3.91. The molecular weight excluding hydrogens is 349 g/mol. The van der Waals surface area contributed by atoms with Crippen molar-refractivity contribution in [2.45, 2.75) is 38.6 Å². The van der Waals surface area contributed by atoms with E-state index in [4.69, 9.17) is 0 Å². The number of carbonyl (C=O) groups excluding carboxylic acids is 1. The maximum absolute atomic E-state index is 12.6. The molecule has 0 saturated carbocycles. The minimum atomic E-state index is -5.88. The smallest absolute Gasteiger partial charge is 0.465 e. The lowest BCUT2D eigenvalue weighted by atomic mass is 9.73. The Morgan fingerprint density at radius 1 is 1.25 bits per heavy atom. The van der Waals surface area contributed by atoms with Gasteiger partial charge in [-0.1, -0.05) is 19.9 Å². The monoisotopic (exact) mass is 366 g/mol. The van der Waals surface area contributed by atoms with Gasteiger partial charge in [0.15, 0.2) is 5.75 Å². The van der Waals surface area contributed by atoms with E-state index in [1.807, 2.05) is 13.8 Å². The summed E-state index contributed by atoms with van der Waals surface area (Å²) in [5.74, 6) is -1.60. The Labute approximate surface area is 137 Å². The molecule has 0 unspecified atom stereocenters. The van der Waals surface area contributed by atoms with Crippen molar-refractivity contribution in [2.75, 3.05) is 7.11 Å². The van der Waals surface area contributed by atoms with Gasteiger partial charge in [0.2, 0.25) is 0 Å². The molecule has 0 atom stereocenters. The Morgan fingerprint density at radius 2 is 1.88 bits per heavy atom. The van der Waals surface area contributed by atoms with E-state index in [-0.39, 0.29) is 11.0 Å². The number of rotatable bonds is 3. The highest BCUT2D eigenvalue weighted by Crippen LogP contribution is 2.40. The predicted octanol–water partition coefficient (Wildman–Crippen LogP) is 3.22. The Morgan fingerprint density at radius 3 is 2.42 bits per heavy atom. The van der Waals surface area contributed by atoms with Gasteiger partial charge in [0.1, 0.15) is 5.56 Å². The molecule has 0 aromatic heterocycles. The molecule has 0 aliphatic heterocycles. The summed E-state index contributed by atoms with van der Waals surface area (Å²) in [5.41, 5.74) is -4.80. The summed E-state index contributed by atoms with van der Waals surface area (Å²) in [4.78, 5) is 12.1. The van der Waals surface area contributed by atoms with E-state index in [9.17, 15) is 26.4 Å². The number of hydrogen-bond acceptors (Lipinski definition) is 5. The Balaban J connectivity index is 2.60. The Bertz CT molecular complexity index is 766. The van der Waals surface area contributed by atoms with Gasteiger partial charge in [-0.05, 0) is 41.9 Å². The molecule has 0 N–H and O–H groups in total. The Hall–Kier alpha value is -1.77. The number of halogens is 3. The average molecular weight is 366 g/mol. The molecular formula is C15H17F3O5S. The fraction of sp³-hybridized carbons (Fsp3) is 0.533. The van der Waals surface area contributed by atoms with E-state index in [2.05, 4.69) is 8.92 Å². The third kappa shape index (κ3) is 3.50. The van der Waals surface area contributed by atoms with Crippen molar-refractivity contribution in [1.82, 2.24) is 0 Å². The zero-order chi connectivity index (χ0) is 18.3. The minimum Gasteiger partial charge on any atom is -0.465 e. The van der Waals surface area contributed by atoms with Gasteiger partial charge in [-0.2, -0.15) is 21.6 Å². The van der Waals surface area contributed by atoms with Crippen molar-refractivity contribution in [3.05, 3.63) is 28.8 Å². The highest BCUT2D eigenvalue weighted by atomic mass is 32.2. The second-order valence-electron chi connectivity index (χ2n) is 6.39. The molecule has 1 aromatic rings. The van der Waals surface area contributed by atoms with Crippen LogP contribution in [0.3, 0.4) is 0 Å². The zero-order valence-electron chi connectivity index (χ0n) is 13.4. The standard InChI is InChI=1S/C15H17F3O5S/c1-14(2)7-6-9-4-5-11(23-24(20,21)15(16,17)18)12(10(9)8-14)13(19)22-3/h4-5H,6-8H2,1-3H3. The summed E-state index contributed by atoms with van der Waals surface area (Å²) < 4.78 is 69.1. The molecule has 1 aliphatic carbocycles. The molecule has 0 heterocycles. The van der Waals surface area contributed by atoms with Gasteiger partial charge in [-0.25, -0.2) is 4.79 Å². The van der Waals surface area contributed by atoms with E-state index in [0.717, 1.165) is 25.2 Å². The largest absolute Gasteiger partial charge is 0.534 e. The molecule has 0 radical (unpaired) electrons. The summed E-state index contributed by atoms with van der Waals surface area (Å²) in [6.07, 6.45) is 1.86. The van der Waals surface area contributed by atoms with Crippen LogP contribution < -0.4 is 4.18 Å². The average Bonchev–Trinajstić information content (AvgIpc) is 2.43. The SMILES string of the molecule is COC(=O)c1c(OS(=O)(=O)C(F)(F)F)ccc2c1CC(C)(C)CC2. The van der Waals surface area contributed by atoms with Crippen LogP contribution in [0, 0.1) is 5.41 Å². The molecule has 1 aliphatic rings. The van der Waals surface area contributed by atoms with Crippen LogP contribution in [0.4, 0.5) is 13.2 Å². The van der Waals surface area contributed by atoms with Crippen LogP contribution in [-0.2, 0) is 27.7 Å². The fourth-order valence-corrected chi connectivity index (χ4v) is 3.18. The second kappa shape index (κ2) is 5.94. The van der Waals surface area contributed by atoms with E-state index in [0.29, 0.717) is 18.4 Å². The lowest BCUT2D eigenvalue weighted by Gasteiger charge is -2.32. The van der Waals surface area contributed by atoms with Crippen molar-refractivity contribution in [3.8, 4) is 5.75 Å². The lowest BCUT2D eigenvalue weighted by Crippen LogP contribution is -2.30. The molecule has 24 heavy (non-hydrogen) atoms. The molecule has 9 heteroatoms. The number of esters is 1. The van der Waals surface area contributed by atoms with E-state index in [1.54, 1.807) is 0 Å². The lowest BCUT2D eigenvalue weighted by molar-refractivity contribution is -0.0500. The summed E-state index contributed by atoms with van der Waals surface area (Å²) >= 11 is 0. The zero-order valence-corrected chi connectivity index (χ0v) is 14.2. The van der Waals surface area contributed by atoms with E-state index >= 15 is 0 Å². The number of aryl methyl sites for hydroxylation is 1. The van der Waals surface area contributed by atoms with E-state index in [1.165, 1.54) is 6.07 Å². The predicted molar refractivity (Wildman–Crippen MR) is 79.2 cm³/mol. The van der Waals surface area contributed by atoms with Crippen LogP contribution in [0.15, 0.2) is 12.1 Å². The highest BCUT2D eigenvalue weighted by molar-refractivity contribution is 7.88. The van der Waals surface area contributed by atoms with Gasteiger partial charge >= 0.3 is 21.6 Å². The van der Waals surface area contributed by atoms with Crippen molar-refractivity contribution in [1.29, 1.82) is 0 Å². The quantitative estimate of drug-likeness (QED) is 0.467. The van der Waals surface area contributed by atoms with Gasteiger partial charge in [0.05, 0.1) is 7.11 Å². The third-order valence-electron chi connectivity index (χ3n) is 3.97. The first-order valence-electron chi connectivity index (χ1n) is 7.12. The van der Waals surface area contributed by atoms with Crippen LogP contribution >= 0.6 is 0 Å².